The van der Waals surface area contributed by atoms with E-state index in [-0.39, 0.29) is 16.7 Å². The van der Waals surface area contributed by atoms with Crippen LogP contribution in [-0.2, 0) is 0 Å². The number of carbonyl (C=O) groups excluding carboxylic acids is 1. The molecule has 10 heteroatoms. The van der Waals surface area contributed by atoms with E-state index in [2.05, 4.69) is 4.90 Å². The molecular formula is C41H53N4O6+. The van der Waals surface area contributed by atoms with Crippen molar-refractivity contribution in [2.75, 3.05) is 77.1 Å². The Bertz CT molecular complexity index is 1830. The van der Waals surface area contributed by atoms with Crippen molar-refractivity contribution in [1.82, 2.24) is 9.47 Å². The number of hydrogen-bond acceptors (Lipinski definition) is 7. The normalized spacial score (nSPS) is 18.1. The number of ether oxygens (including phenoxy) is 3. The Morgan fingerprint density at radius 3 is 2.16 bits per heavy atom. The van der Waals surface area contributed by atoms with Gasteiger partial charge in [0.2, 0.25) is 5.43 Å². The SMILES string of the molecule is CCOc1cc(OCC)cc(-n2cc(C(=O)N(CC)c3cccc(O)c3)c(=O)c3ccc(OCCCCCCC[N+]45CCN(CC4)CC5)cc32)c1. The second-order valence-corrected chi connectivity index (χ2v) is 13.7. The minimum Gasteiger partial charge on any atom is -0.508 e. The van der Waals surface area contributed by atoms with Crippen LogP contribution in [0.4, 0.5) is 5.69 Å². The van der Waals surface area contributed by atoms with E-state index < -0.39 is 5.91 Å². The zero-order valence-corrected chi connectivity index (χ0v) is 30.4. The Morgan fingerprint density at radius 1 is 0.804 bits per heavy atom. The van der Waals surface area contributed by atoms with E-state index in [1.807, 2.05) is 55.7 Å². The van der Waals surface area contributed by atoms with Crippen molar-refractivity contribution in [3.63, 3.8) is 0 Å². The van der Waals surface area contributed by atoms with Crippen molar-refractivity contribution in [2.45, 2.75) is 52.9 Å². The van der Waals surface area contributed by atoms with Crippen LogP contribution >= 0.6 is 0 Å². The van der Waals surface area contributed by atoms with Crippen molar-refractivity contribution >= 4 is 22.5 Å². The highest BCUT2D eigenvalue weighted by molar-refractivity contribution is 6.07. The van der Waals surface area contributed by atoms with Crippen LogP contribution in [-0.4, -0.2) is 97.1 Å². The summed E-state index contributed by atoms with van der Waals surface area (Å²) in [5, 5.41) is 10.5. The molecule has 51 heavy (non-hydrogen) atoms. The van der Waals surface area contributed by atoms with Gasteiger partial charge in [-0.2, -0.15) is 0 Å². The fourth-order valence-corrected chi connectivity index (χ4v) is 7.54. The number of phenols is 1. The molecule has 1 N–H and O–H groups in total. The molecule has 0 spiro atoms. The molecule has 272 valence electrons. The Morgan fingerprint density at radius 2 is 1.49 bits per heavy atom. The first-order valence-corrected chi connectivity index (χ1v) is 18.7. The Labute approximate surface area is 301 Å². The van der Waals surface area contributed by atoms with Crippen molar-refractivity contribution in [2.24, 2.45) is 0 Å². The van der Waals surface area contributed by atoms with E-state index in [0.717, 1.165) is 12.8 Å². The number of amides is 1. The number of aromatic nitrogens is 1. The summed E-state index contributed by atoms with van der Waals surface area (Å²) in [4.78, 5) is 32.2. The van der Waals surface area contributed by atoms with Gasteiger partial charge < -0.3 is 33.3 Å². The number of aromatic hydroxyl groups is 1. The zero-order chi connectivity index (χ0) is 35.8. The largest absolute Gasteiger partial charge is 0.508 e. The first kappa shape index (κ1) is 36.3. The minimum absolute atomic E-state index is 0.00785. The van der Waals surface area contributed by atoms with Gasteiger partial charge in [-0.15, -0.1) is 0 Å². The summed E-state index contributed by atoms with van der Waals surface area (Å²) in [5.41, 5.74) is 1.42. The fraction of sp³-hybridized carbons (Fsp3) is 0.463. The third kappa shape index (κ3) is 8.51. The van der Waals surface area contributed by atoms with Crippen LogP contribution in [0.2, 0.25) is 0 Å². The zero-order valence-electron chi connectivity index (χ0n) is 30.4. The number of anilines is 1. The van der Waals surface area contributed by atoms with Crippen molar-refractivity contribution in [3.05, 3.63) is 82.6 Å². The molecule has 3 saturated heterocycles. The van der Waals surface area contributed by atoms with Gasteiger partial charge in [-0.1, -0.05) is 18.9 Å². The lowest BCUT2D eigenvalue weighted by molar-refractivity contribution is -0.941. The lowest BCUT2D eigenvalue weighted by atomic mass is 10.1. The van der Waals surface area contributed by atoms with Crippen LogP contribution in [0.15, 0.2) is 71.7 Å². The van der Waals surface area contributed by atoms with Crippen LogP contribution in [0.1, 0.15) is 63.2 Å². The molecule has 0 aliphatic carbocycles. The lowest BCUT2D eigenvalue weighted by Gasteiger charge is -2.50. The summed E-state index contributed by atoms with van der Waals surface area (Å²) < 4.78 is 21.2. The maximum absolute atomic E-state index is 14.1. The summed E-state index contributed by atoms with van der Waals surface area (Å²) in [6, 6.07) is 17.5. The van der Waals surface area contributed by atoms with E-state index in [0.29, 0.717) is 65.9 Å². The number of piperazine rings is 3. The molecule has 0 unspecified atom stereocenters. The predicted molar refractivity (Wildman–Crippen MR) is 202 cm³/mol. The molecule has 0 saturated carbocycles. The third-order valence-electron chi connectivity index (χ3n) is 10.4. The Balaban J connectivity index is 1.22. The summed E-state index contributed by atoms with van der Waals surface area (Å²) in [6.45, 7) is 16.6. The highest BCUT2D eigenvalue weighted by atomic mass is 16.5. The molecule has 7 rings (SSSR count). The number of nitrogens with zero attached hydrogens (tertiary/aromatic N) is 4. The van der Waals surface area contributed by atoms with Crippen LogP contribution in [0.5, 0.6) is 23.0 Å². The first-order chi connectivity index (χ1) is 24.8. The molecule has 3 aliphatic heterocycles. The van der Waals surface area contributed by atoms with E-state index in [9.17, 15) is 14.7 Å². The average Bonchev–Trinajstić information content (AvgIpc) is 3.14. The maximum Gasteiger partial charge on any atom is 0.263 e. The number of carbonyl (C=O) groups is 1. The molecule has 3 aliphatic rings. The molecule has 1 aromatic heterocycles. The number of unbranched alkanes of at least 4 members (excludes halogenated alkanes) is 4. The van der Waals surface area contributed by atoms with Gasteiger partial charge >= 0.3 is 0 Å². The maximum atomic E-state index is 14.1. The van der Waals surface area contributed by atoms with Gasteiger partial charge in [0.15, 0.2) is 0 Å². The van der Waals surface area contributed by atoms with E-state index in [1.165, 1.54) is 80.5 Å². The van der Waals surface area contributed by atoms with Crippen molar-refractivity contribution in [1.29, 1.82) is 0 Å². The smallest absolute Gasteiger partial charge is 0.263 e. The van der Waals surface area contributed by atoms with Crippen LogP contribution < -0.4 is 24.5 Å². The van der Waals surface area contributed by atoms with Gasteiger partial charge in [0, 0.05) is 73.8 Å². The van der Waals surface area contributed by atoms with Crippen LogP contribution in [0.3, 0.4) is 0 Å². The topological polar surface area (TPSA) is 93.5 Å². The third-order valence-corrected chi connectivity index (χ3v) is 10.4. The second-order valence-electron chi connectivity index (χ2n) is 13.7. The molecule has 0 radical (unpaired) electrons. The molecule has 4 heterocycles. The van der Waals surface area contributed by atoms with Crippen LogP contribution in [0.25, 0.3) is 16.6 Å². The molecule has 10 nitrogen and oxygen atoms in total. The number of phenolic OH excluding ortho intramolecular Hbond substituents is 1. The van der Waals surface area contributed by atoms with Gasteiger partial charge in [-0.3, -0.25) is 14.5 Å². The number of hydrogen-bond donors (Lipinski definition) is 1. The minimum atomic E-state index is -0.460. The van der Waals surface area contributed by atoms with Gasteiger partial charge in [0.05, 0.1) is 57.2 Å². The number of benzene rings is 3. The number of fused-ring (bicyclic) bond motifs is 4. The summed E-state index contributed by atoms with van der Waals surface area (Å²) in [5.74, 6) is 1.47. The Hall–Kier alpha value is -4.54. The molecule has 0 atom stereocenters. The Kier molecular flexibility index (Phi) is 11.8. The molecule has 3 fully saturated rings. The summed E-state index contributed by atoms with van der Waals surface area (Å²) in [7, 11) is 0. The molecule has 3 aromatic carbocycles. The van der Waals surface area contributed by atoms with E-state index >= 15 is 0 Å². The molecule has 4 aromatic rings. The molecule has 2 bridgehead atoms. The number of pyridine rings is 1. The van der Waals surface area contributed by atoms with E-state index in [4.69, 9.17) is 14.2 Å². The second kappa shape index (κ2) is 16.7. The molecular weight excluding hydrogens is 644 g/mol. The van der Waals surface area contributed by atoms with Gasteiger partial charge in [-0.05, 0) is 64.3 Å². The summed E-state index contributed by atoms with van der Waals surface area (Å²) in [6.07, 6.45) is 7.45. The number of rotatable bonds is 17. The standard InChI is InChI=1S/C41H52N4O6/c1-4-43(31-13-12-14-33(46)25-31)41(48)38-30-44(32-26-35(49-5-2)28-36(27-32)50-6-3)39-29-34(15-16-37(39)40(38)47)51-24-11-9-7-8-10-20-45-21-17-42(18-22-45)19-23-45/h12-16,25-30H,4-11,17-24H2,1-3H3/p+1. The highest BCUT2D eigenvalue weighted by Gasteiger charge is 2.37. The van der Waals surface area contributed by atoms with Gasteiger partial charge in [0.25, 0.3) is 5.91 Å². The van der Waals surface area contributed by atoms with Gasteiger partial charge in [-0.25, -0.2) is 0 Å². The first-order valence-electron chi connectivity index (χ1n) is 18.7. The fourth-order valence-electron chi connectivity index (χ4n) is 7.54. The number of quaternary nitrogens is 1. The van der Waals surface area contributed by atoms with Crippen LogP contribution in [0, 0.1) is 0 Å². The highest BCUT2D eigenvalue weighted by Crippen LogP contribution is 2.30. The van der Waals surface area contributed by atoms with E-state index in [1.54, 1.807) is 30.5 Å². The van der Waals surface area contributed by atoms with Crippen molar-refractivity contribution < 1.29 is 28.6 Å². The molecule has 1 amide bonds. The predicted octanol–water partition coefficient (Wildman–Crippen LogP) is 6.64. The quantitative estimate of drug-likeness (QED) is 0.0978. The monoisotopic (exact) mass is 697 g/mol. The lowest BCUT2D eigenvalue weighted by Crippen LogP contribution is -2.67. The summed E-state index contributed by atoms with van der Waals surface area (Å²) >= 11 is 0. The average molecular weight is 698 g/mol. The van der Waals surface area contributed by atoms with Crippen molar-refractivity contribution in [3.8, 4) is 28.7 Å². The van der Waals surface area contributed by atoms with Gasteiger partial charge in [0.1, 0.15) is 28.6 Å².